The molecule has 1 saturated heterocycles. The maximum Gasteiger partial charge on any atom is 0.270 e. The summed E-state index contributed by atoms with van der Waals surface area (Å²) in [6, 6.07) is 16.3. The van der Waals surface area contributed by atoms with E-state index >= 15 is 0 Å². The number of carbonyl (C=O) groups is 3. The summed E-state index contributed by atoms with van der Waals surface area (Å²) in [4.78, 5) is 41.7. The topological polar surface area (TPSA) is 91.8 Å². The first kappa shape index (κ1) is 21.0. The third kappa shape index (κ3) is 4.26. The Kier molecular flexibility index (Phi) is 5.68. The molecule has 170 valence electrons. The average Bonchev–Trinajstić information content (AvgIpc) is 2.88. The summed E-state index contributed by atoms with van der Waals surface area (Å²) in [6.07, 6.45) is -0.152. The van der Waals surface area contributed by atoms with Crippen LogP contribution in [0.1, 0.15) is 12.8 Å². The molecule has 9 heteroatoms. The lowest BCUT2D eigenvalue weighted by atomic mass is 10.1. The highest BCUT2D eigenvalue weighted by Crippen LogP contribution is 2.31. The van der Waals surface area contributed by atoms with Crippen molar-refractivity contribution in [3.8, 4) is 11.5 Å². The lowest BCUT2D eigenvalue weighted by Gasteiger charge is -2.37. The van der Waals surface area contributed by atoms with Crippen LogP contribution in [0.3, 0.4) is 0 Å². The number of fused-ring (bicyclic) bond motifs is 1. The van der Waals surface area contributed by atoms with E-state index in [2.05, 4.69) is 5.10 Å². The van der Waals surface area contributed by atoms with E-state index in [-0.39, 0.29) is 30.7 Å². The fraction of sp³-hybridized carbons (Fsp3) is 0.333. The van der Waals surface area contributed by atoms with Crippen LogP contribution in [-0.4, -0.2) is 72.1 Å². The van der Waals surface area contributed by atoms with E-state index in [0.717, 1.165) is 0 Å². The number of anilines is 1. The number of benzene rings is 2. The molecule has 3 aliphatic heterocycles. The predicted octanol–water partition coefficient (Wildman–Crippen LogP) is 1.68. The van der Waals surface area contributed by atoms with E-state index in [1.54, 1.807) is 34.1 Å². The third-order valence-corrected chi connectivity index (χ3v) is 5.94. The highest BCUT2D eigenvalue weighted by molar-refractivity contribution is 6.40. The Bertz CT molecular complexity index is 1100. The molecule has 3 aliphatic rings. The van der Waals surface area contributed by atoms with Crippen molar-refractivity contribution in [2.45, 2.75) is 18.9 Å². The van der Waals surface area contributed by atoms with Crippen molar-refractivity contribution in [1.82, 2.24) is 9.80 Å². The Labute approximate surface area is 191 Å². The van der Waals surface area contributed by atoms with Crippen molar-refractivity contribution in [3.05, 3.63) is 54.6 Å². The van der Waals surface area contributed by atoms with Gasteiger partial charge in [0.05, 0.1) is 5.69 Å². The largest absolute Gasteiger partial charge is 0.485 e. The van der Waals surface area contributed by atoms with Crippen LogP contribution in [0.4, 0.5) is 5.69 Å². The molecule has 5 rings (SSSR count). The van der Waals surface area contributed by atoms with Gasteiger partial charge in [0, 0.05) is 39.0 Å². The van der Waals surface area contributed by atoms with Crippen LogP contribution in [0, 0.1) is 0 Å². The van der Waals surface area contributed by atoms with Gasteiger partial charge in [-0.25, -0.2) is 5.01 Å². The number of carbonyl (C=O) groups excluding carboxylic acids is 3. The Morgan fingerprint density at radius 2 is 1.52 bits per heavy atom. The van der Waals surface area contributed by atoms with Crippen molar-refractivity contribution < 1.29 is 23.9 Å². The number of ether oxygens (including phenoxy) is 2. The van der Waals surface area contributed by atoms with Crippen LogP contribution in [0.2, 0.25) is 0 Å². The number of piperazine rings is 1. The zero-order valence-corrected chi connectivity index (χ0v) is 18.1. The number of hydrogen-bond acceptors (Lipinski definition) is 6. The van der Waals surface area contributed by atoms with Gasteiger partial charge in [-0.2, -0.15) is 5.10 Å². The van der Waals surface area contributed by atoms with Gasteiger partial charge >= 0.3 is 0 Å². The zero-order valence-electron chi connectivity index (χ0n) is 18.1. The second-order valence-electron chi connectivity index (χ2n) is 8.07. The van der Waals surface area contributed by atoms with E-state index in [9.17, 15) is 14.4 Å². The number of nitrogens with zero attached hydrogens (tertiary/aromatic N) is 4. The minimum Gasteiger partial charge on any atom is -0.485 e. The molecule has 9 nitrogen and oxygen atoms in total. The van der Waals surface area contributed by atoms with Gasteiger partial charge < -0.3 is 19.3 Å². The van der Waals surface area contributed by atoms with Crippen LogP contribution >= 0.6 is 0 Å². The molecule has 2 aromatic rings. The van der Waals surface area contributed by atoms with Gasteiger partial charge in [0.2, 0.25) is 12.0 Å². The highest BCUT2D eigenvalue weighted by atomic mass is 16.6. The summed E-state index contributed by atoms with van der Waals surface area (Å²) in [5.74, 6) is 0.718. The first-order chi connectivity index (χ1) is 16.1. The zero-order chi connectivity index (χ0) is 22.8. The maximum absolute atomic E-state index is 13.1. The number of para-hydroxylation sites is 3. The molecule has 0 aliphatic carbocycles. The second-order valence-corrected chi connectivity index (χ2v) is 8.07. The van der Waals surface area contributed by atoms with Gasteiger partial charge in [-0.05, 0) is 24.3 Å². The van der Waals surface area contributed by atoms with Crippen molar-refractivity contribution >= 4 is 29.1 Å². The van der Waals surface area contributed by atoms with E-state index in [4.69, 9.17) is 9.47 Å². The molecule has 0 N–H and O–H groups in total. The fourth-order valence-corrected chi connectivity index (χ4v) is 4.14. The van der Waals surface area contributed by atoms with Gasteiger partial charge in [-0.3, -0.25) is 14.4 Å². The predicted molar refractivity (Wildman–Crippen MR) is 120 cm³/mol. The second kappa shape index (κ2) is 8.93. The molecule has 2 aromatic carbocycles. The molecule has 0 spiro atoms. The summed E-state index contributed by atoms with van der Waals surface area (Å²) in [5.41, 5.74) is 0.998. The first-order valence-corrected chi connectivity index (χ1v) is 11.0. The Balaban J connectivity index is 1.20. The summed E-state index contributed by atoms with van der Waals surface area (Å²) in [5, 5.41) is 5.65. The Morgan fingerprint density at radius 1 is 0.848 bits per heavy atom. The smallest absolute Gasteiger partial charge is 0.270 e. The standard InChI is InChI=1S/C24H24N4O5/c29-22-11-10-18(25-28(22)17-6-2-1-3-7-17)23(30)26-12-14-27(15-13-26)24(31)21-16-32-19-8-4-5-9-20(19)33-21/h1-9,21H,10-16H2/t21-/m1/s1. The summed E-state index contributed by atoms with van der Waals surface area (Å²) in [6.45, 7) is 1.76. The normalized spacial score (nSPS) is 20.4. The van der Waals surface area contributed by atoms with Crippen LogP contribution in [0.25, 0.3) is 0 Å². The molecule has 3 heterocycles. The van der Waals surface area contributed by atoms with Crippen molar-refractivity contribution in [2.75, 3.05) is 37.8 Å². The van der Waals surface area contributed by atoms with Crippen LogP contribution in [0.15, 0.2) is 59.7 Å². The number of hydrogen-bond donors (Lipinski definition) is 0. The van der Waals surface area contributed by atoms with Crippen LogP contribution < -0.4 is 14.5 Å². The molecule has 0 unspecified atom stereocenters. The van der Waals surface area contributed by atoms with E-state index < -0.39 is 6.10 Å². The molecular formula is C24H24N4O5. The van der Waals surface area contributed by atoms with Crippen molar-refractivity contribution in [2.24, 2.45) is 5.10 Å². The Hall–Kier alpha value is -3.88. The fourth-order valence-electron chi connectivity index (χ4n) is 4.14. The molecule has 33 heavy (non-hydrogen) atoms. The molecule has 0 aromatic heterocycles. The van der Waals surface area contributed by atoms with Gasteiger partial charge in [0.15, 0.2) is 11.5 Å². The first-order valence-electron chi connectivity index (χ1n) is 11.0. The average molecular weight is 448 g/mol. The SMILES string of the molecule is O=C(C1=NN(c2ccccc2)C(=O)CC1)N1CCN(C(=O)[C@H]2COc3ccccc3O2)CC1. The minimum absolute atomic E-state index is 0.135. The molecule has 0 bridgehead atoms. The Morgan fingerprint density at radius 3 is 2.27 bits per heavy atom. The van der Waals surface area contributed by atoms with Gasteiger partial charge in [0.25, 0.3) is 11.8 Å². The molecule has 0 saturated carbocycles. The van der Waals surface area contributed by atoms with E-state index in [1.807, 2.05) is 30.3 Å². The minimum atomic E-state index is -0.699. The lowest BCUT2D eigenvalue weighted by molar-refractivity contribution is -0.144. The van der Waals surface area contributed by atoms with Crippen LogP contribution in [0.5, 0.6) is 11.5 Å². The van der Waals surface area contributed by atoms with E-state index in [1.165, 1.54) is 5.01 Å². The summed E-state index contributed by atoms with van der Waals surface area (Å²) in [7, 11) is 0. The monoisotopic (exact) mass is 448 g/mol. The molecule has 1 atom stereocenters. The van der Waals surface area contributed by atoms with Gasteiger partial charge in [-0.1, -0.05) is 30.3 Å². The number of amides is 3. The van der Waals surface area contributed by atoms with Crippen molar-refractivity contribution in [3.63, 3.8) is 0 Å². The third-order valence-electron chi connectivity index (χ3n) is 5.94. The molecule has 0 radical (unpaired) electrons. The van der Waals surface area contributed by atoms with Gasteiger partial charge in [0.1, 0.15) is 12.3 Å². The summed E-state index contributed by atoms with van der Waals surface area (Å²) >= 11 is 0. The quantitative estimate of drug-likeness (QED) is 0.713. The highest BCUT2D eigenvalue weighted by Gasteiger charge is 2.35. The maximum atomic E-state index is 13.1. The number of hydrazone groups is 1. The van der Waals surface area contributed by atoms with Crippen molar-refractivity contribution in [1.29, 1.82) is 0 Å². The van der Waals surface area contributed by atoms with Crippen LogP contribution in [-0.2, 0) is 14.4 Å². The van der Waals surface area contributed by atoms with Gasteiger partial charge in [-0.15, -0.1) is 0 Å². The lowest BCUT2D eigenvalue weighted by Crippen LogP contribution is -2.56. The molecular weight excluding hydrogens is 424 g/mol. The molecule has 3 amide bonds. The summed E-state index contributed by atoms with van der Waals surface area (Å²) < 4.78 is 11.5. The molecule has 1 fully saturated rings. The van der Waals surface area contributed by atoms with E-state index in [0.29, 0.717) is 55.5 Å². The number of rotatable bonds is 3.